The Bertz CT molecular complexity index is 257. The summed E-state index contributed by atoms with van der Waals surface area (Å²) in [5, 5.41) is 0. The summed E-state index contributed by atoms with van der Waals surface area (Å²) in [6.45, 7) is 13.2. The average molecular weight is 290 g/mol. The summed E-state index contributed by atoms with van der Waals surface area (Å²) < 4.78 is 31.6. The molecule has 0 aliphatic heterocycles. The monoisotopic (exact) mass is 290 g/mol. The van der Waals surface area contributed by atoms with Gasteiger partial charge >= 0.3 is 40.0 Å². The second-order valence-electron chi connectivity index (χ2n) is 5.02. The summed E-state index contributed by atoms with van der Waals surface area (Å²) in [5.74, 6) is 2.39. The van der Waals surface area contributed by atoms with Crippen molar-refractivity contribution in [1.29, 1.82) is 0 Å². The van der Waals surface area contributed by atoms with Gasteiger partial charge in [-0.1, -0.05) is 47.0 Å². The fraction of sp³-hybridized carbons (Fsp3) is 0.917. The maximum absolute atomic E-state index is 8.74. The van der Waals surface area contributed by atoms with Crippen LogP contribution in [0, 0.1) is 24.7 Å². The Morgan fingerprint density at radius 1 is 1.06 bits per heavy atom. The molecule has 0 aliphatic rings. The molecule has 0 fully saturated rings. The van der Waals surface area contributed by atoms with Gasteiger partial charge in [0.1, 0.15) is 0 Å². The van der Waals surface area contributed by atoms with Gasteiger partial charge in [-0.2, -0.15) is 14.3 Å². The molecule has 0 aromatic heterocycles. The van der Waals surface area contributed by atoms with Gasteiger partial charge in [0.25, 0.3) is 0 Å². The van der Waals surface area contributed by atoms with Crippen molar-refractivity contribution >= 4 is 10.4 Å². The van der Waals surface area contributed by atoms with Gasteiger partial charge in [0, 0.05) is 0 Å². The minimum absolute atomic E-state index is 0. The molecular formula is C12H27NaO4S. The molecule has 0 aromatic carbocycles. The number of hydrogen-bond acceptors (Lipinski definition) is 2. The summed E-state index contributed by atoms with van der Waals surface area (Å²) in [7, 11) is -4.67. The van der Waals surface area contributed by atoms with E-state index in [1.165, 1.54) is 25.7 Å². The van der Waals surface area contributed by atoms with Crippen molar-refractivity contribution in [3.05, 3.63) is 6.92 Å². The summed E-state index contributed by atoms with van der Waals surface area (Å²) in [4.78, 5) is 0. The molecular weight excluding hydrogens is 263 g/mol. The van der Waals surface area contributed by atoms with E-state index in [1.54, 1.807) is 0 Å². The third-order valence-electron chi connectivity index (χ3n) is 2.39. The van der Waals surface area contributed by atoms with Crippen molar-refractivity contribution < 1.29 is 47.1 Å². The summed E-state index contributed by atoms with van der Waals surface area (Å²) in [5.41, 5.74) is 0. The van der Waals surface area contributed by atoms with Crippen LogP contribution in [0.15, 0.2) is 0 Å². The third kappa shape index (κ3) is 30.2. The van der Waals surface area contributed by atoms with Crippen LogP contribution in [0.1, 0.15) is 53.4 Å². The Kier molecular flexibility index (Phi) is 17.1. The Morgan fingerprint density at radius 2 is 1.44 bits per heavy atom. The largest absolute Gasteiger partial charge is 1.00 e. The first-order valence-corrected chi connectivity index (χ1v) is 7.48. The molecule has 0 amide bonds. The van der Waals surface area contributed by atoms with Gasteiger partial charge in [-0.3, -0.25) is 9.11 Å². The Hall–Kier alpha value is 0.870. The standard InChI is InChI=1S/C12H25.Na.H2O4S/c1-6-7-11(4)9-12(5)8-10(2)3;;1-5(2,3)4/h10-12H,2,6-9H2,1,3-5H3;;(H2,1,2,3,4)/q-1;+1;. The maximum atomic E-state index is 8.74. The minimum Gasteiger partial charge on any atom is -0.341 e. The van der Waals surface area contributed by atoms with E-state index in [1.807, 2.05) is 0 Å². The second-order valence-corrected chi connectivity index (χ2v) is 5.92. The maximum Gasteiger partial charge on any atom is 1.00 e. The van der Waals surface area contributed by atoms with E-state index >= 15 is 0 Å². The van der Waals surface area contributed by atoms with Crippen molar-refractivity contribution in [2.24, 2.45) is 17.8 Å². The van der Waals surface area contributed by atoms with E-state index in [-0.39, 0.29) is 29.6 Å². The van der Waals surface area contributed by atoms with Crippen LogP contribution in [0.4, 0.5) is 0 Å². The molecule has 18 heavy (non-hydrogen) atoms. The molecule has 0 saturated heterocycles. The molecule has 4 nitrogen and oxygen atoms in total. The van der Waals surface area contributed by atoms with Gasteiger partial charge in [-0.15, -0.1) is 0 Å². The van der Waals surface area contributed by atoms with Gasteiger partial charge in [-0.05, 0) is 18.3 Å². The predicted molar refractivity (Wildman–Crippen MR) is 71.2 cm³/mol. The van der Waals surface area contributed by atoms with Crippen molar-refractivity contribution in [1.82, 2.24) is 0 Å². The quantitative estimate of drug-likeness (QED) is 0.428. The molecule has 6 heteroatoms. The smallest absolute Gasteiger partial charge is 0.341 e. The van der Waals surface area contributed by atoms with Gasteiger partial charge in [0.2, 0.25) is 0 Å². The molecule has 0 saturated carbocycles. The van der Waals surface area contributed by atoms with Gasteiger partial charge < -0.3 is 6.92 Å². The first kappa shape index (κ1) is 23.9. The van der Waals surface area contributed by atoms with Crippen LogP contribution < -0.4 is 29.6 Å². The SMILES string of the molecule is O=S(=O)(O)O.[CH2-]C(C)CC(C)CC(C)CCC.[Na+]. The minimum atomic E-state index is -4.67. The molecule has 0 radical (unpaired) electrons. The van der Waals surface area contributed by atoms with Crippen molar-refractivity contribution in [3.63, 3.8) is 0 Å². The fourth-order valence-corrected chi connectivity index (χ4v) is 2.08. The number of hydrogen-bond donors (Lipinski definition) is 2. The van der Waals surface area contributed by atoms with Crippen LogP contribution >= 0.6 is 0 Å². The molecule has 0 heterocycles. The average Bonchev–Trinajstić information content (AvgIpc) is 1.97. The van der Waals surface area contributed by atoms with Crippen LogP contribution in [0.5, 0.6) is 0 Å². The first-order chi connectivity index (χ1) is 7.56. The van der Waals surface area contributed by atoms with Gasteiger partial charge in [0.05, 0.1) is 0 Å². The van der Waals surface area contributed by atoms with Gasteiger partial charge in [0.15, 0.2) is 0 Å². The van der Waals surface area contributed by atoms with E-state index < -0.39 is 10.4 Å². The van der Waals surface area contributed by atoms with Crippen molar-refractivity contribution in [2.45, 2.75) is 53.4 Å². The Labute approximate surface area is 135 Å². The Morgan fingerprint density at radius 3 is 1.72 bits per heavy atom. The van der Waals surface area contributed by atoms with E-state index in [0.29, 0.717) is 5.92 Å². The summed E-state index contributed by atoms with van der Waals surface area (Å²) >= 11 is 0. The molecule has 0 aromatic rings. The zero-order chi connectivity index (χ0) is 14.1. The van der Waals surface area contributed by atoms with E-state index in [2.05, 4.69) is 34.6 Å². The molecule has 3 unspecified atom stereocenters. The fourth-order valence-electron chi connectivity index (χ4n) is 2.08. The molecule has 0 rings (SSSR count). The normalized spacial score (nSPS) is 15.7. The van der Waals surface area contributed by atoms with Crippen LogP contribution in [0.2, 0.25) is 0 Å². The Balaban J connectivity index is -0.000000321. The van der Waals surface area contributed by atoms with Gasteiger partial charge in [-0.25, -0.2) is 0 Å². The van der Waals surface area contributed by atoms with E-state index in [0.717, 1.165) is 11.8 Å². The topological polar surface area (TPSA) is 74.6 Å². The zero-order valence-corrected chi connectivity index (χ0v) is 15.2. The van der Waals surface area contributed by atoms with Crippen LogP contribution in [-0.4, -0.2) is 17.5 Å². The van der Waals surface area contributed by atoms with Crippen LogP contribution in [0.25, 0.3) is 0 Å². The molecule has 106 valence electrons. The summed E-state index contributed by atoms with van der Waals surface area (Å²) in [6.07, 6.45) is 5.38. The zero-order valence-electron chi connectivity index (χ0n) is 12.4. The third-order valence-corrected chi connectivity index (χ3v) is 2.39. The molecule has 2 N–H and O–H groups in total. The molecule has 3 atom stereocenters. The second kappa shape index (κ2) is 12.9. The van der Waals surface area contributed by atoms with E-state index in [9.17, 15) is 0 Å². The molecule has 0 spiro atoms. The molecule has 0 bridgehead atoms. The van der Waals surface area contributed by atoms with Crippen LogP contribution in [0.3, 0.4) is 0 Å². The molecule has 0 aliphatic carbocycles. The van der Waals surface area contributed by atoms with Crippen molar-refractivity contribution in [3.8, 4) is 0 Å². The summed E-state index contributed by atoms with van der Waals surface area (Å²) in [6, 6.07) is 0. The van der Waals surface area contributed by atoms with Crippen LogP contribution in [-0.2, 0) is 10.4 Å². The predicted octanol–water partition coefficient (Wildman–Crippen LogP) is 0.660. The first-order valence-electron chi connectivity index (χ1n) is 6.09. The number of rotatable bonds is 6. The van der Waals surface area contributed by atoms with Crippen molar-refractivity contribution in [2.75, 3.05) is 0 Å². The van der Waals surface area contributed by atoms with E-state index in [4.69, 9.17) is 17.5 Å².